The number of nitrogens with two attached hydrogens (primary N) is 1. The summed E-state index contributed by atoms with van der Waals surface area (Å²) in [6.45, 7) is 3.96. The molecule has 0 bridgehead atoms. The van der Waals surface area contributed by atoms with Crippen molar-refractivity contribution < 1.29 is 42.7 Å². The van der Waals surface area contributed by atoms with Crippen molar-refractivity contribution in [1.82, 2.24) is 0 Å². The van der Waals surface area contributed by atoms with Crippen molar-refractivity contribution in [3.63, 3.8) is 0 Å². The summed E-state index contributed by atoms with van der Waals surface area (Å²) in [7, 11) is -4.62. The van der Waals surface area contributed by atoms with Crippen LogP contribution in [0.2, 0.25) is 0 Å². The predicted octanol–water partition coefficient (Wildman–Crippen LogP) is 17.6. The number of carbonyl (C=O) groups excluding carboxylic acids is 1. The summed E-state index contributed by atoms with van der Waals surface area (Å²) >= 11 is 0. The molecule has 4 N–H and O–H groups in total. The number of carboxylic acid groups (broad SMARTS) is 1. The number of rotatable bonds is 57. The van der Waals surface area contributed by atoms with Gasteiger partial charge in [0.1, 0.15) is 12.1 Å². The Morgan fingerprint density at radius 2 is 0.765 bits per heavy atom. The monoisotopic (exact) mass is 986 g/mol. The summed E-state index contributed by atoms with van der Waals surface area (Å²) < 4.78 is 33.6. The van der Waals surface area contributed by atoms with Crippen LogP contribution in [0.3, 0.4) is 0 Å². The smallest absolute Gasteiger partial charge is 0.472 e. The Hall–Kier alpha value is -1.29. The summed E-state index contributed by atoms with van der Waals surface area (Å²) in [4.78, 5) is 33.8. The zero-order valence-electron chi connectivity index (χ0n) is 44.7. The fraction of sp³-hybridized carbons (Fsp3) is 0.930. The number of carboxylic acids is 1. The van der Waals surface area contributed by atoms with E-state index in [1.54, 1.807) is 0 Å². The quantitative estimate of drug-likeness (QED) is 0.0232. The van der Waals surface area contributed by atoms with E-state index >= 15 is 0 Å². The van der Waals surface area contributed by atoms with Gasteiger partial charge >= 0.3 is 19.8 Å². The van der Waals surface area contributed by atoms with Gasteiger partial charge in [0.05, 0.1) is 19.8 Å². The maximum atomic E-state index is 12.7. The second-order valence-electron chi connectivity index (χ2n) is 20.1. The maximum Gasteiger partial charge on any atom is 0.472 e. The first-order valence-electron chi connectivity index (χ1n) is 29.2. The average Bonchev–Trinajstić information content (AvgIpc) is 3.32. The Balaban J connectivity index is 4.02. The number of phosphoric ester groups is 1. The van der Waals surface area contributed by atoms with Crippen LogP contribution in [-0.4, -0.2) is 60.5 Å². The van der Waals surface area contributed by atoms with Crippen molar-refractivity contribution in [2.75, 3.05) is 26.4 Å². The van der Waals surface area contributed by atoms with Crippen LogP contribution in [0.4, 0.5) is 0 Å². The SMILES string of the molecule is CCCCCCCCCC/C=C\CCCCCCCCCCCCCC(=O)OC(COCCCCCCCCCCCCCCCCCCCCCCCCC)COP(=O)(O)OCC(N)C(=O)O. The fourth-order valence-corrected chi connectivity index (χ4v) is 9.56. The Bertz CT molecular complexity index is 1140. The van der Waals surface area contributed by atoms with Crippen LogP contribution in [0.5, 0.6) is 0 Å². The van der Waals surface area contributed by atoms with E-state index in [-0.39, 0.29) is 13.0 Å². The van der Waals surface area contributed by atoms with Gasteiger partial charge in [0.15, 0.2) is 0 Å². The molecule has 0 saturated heterocycles. The number of allylic oxidation sites excluding steroid dienone is 2. The molecule has 3 unspecified atom stereocenters. The van der Waals surface area contributed by atoms with Gasteiger partial charge in [0, 0.05) is 13.0 Å². The molecule has 0 aliphatic heterocycles. The molecule has 0 heterocycles. The lowest BCUT2D eigenvalue weighted by Crippen LogP contribution is -2.34. The summed E-state index contributed by atoms with van der Waals surface area (Å²) in [5, 5.41) is 8.95. The lowest BCUT2D eigenvalue weighted by atomic mass is 10.0. The third-order valence-corrected chi connectivity index (χ3v) is 14.2. The zero-order valence-corrected chi connectivity index (χ0v) is 45.6. The van der Waals surface area contributed by atoms with Crippen LogP contribution in [0.25, 0.3) is 0 Å². The fourth-order valence-electron chi connectivity index (χ4n) is 8.78. The lowest BCUT2D eigenvalue weighted by Gasteiger charge is -2.20. The van der Waals surface area contributed by atoms with Gasteiger partial charge in [0.25, 0.3) is 0 Å². The molecule has 0 fully saturated rings. The Morgan fingerprint density at radius 3 is 1.12 bits per heavy atom. The highest BCUT2D eigenvalue weighted by molar-refractivity contribution is 7.47. The number of hydrogen-bond donors (Lipinski definition) is 3. The van der Waals surface area contributed by atoms with Crippen LogP contribution >= 0.6 is 7.82 Å². The van der Waals surface area contributed by atoms with Gasteiger partial charge in [-0.25, -0.2) is 4.57 Å². The van der Waals surface area contributed by atoms with E-state index in [0.29, 0.717) is 6.61 Å². The molecule has 0 saturated carbocycles. The maximum absolute atomic E-state index is 12.7. The molecular formula is C57H112NO9P. The Labute approximate surface area is 420 Å². The van der Waals surface area contributed by atoms with Crippen molar-refractivity contribution >= 4 is 19.8 Å². The molecule has 0 spiro atoms. The molecule has 0 aliphatic carbocycles. The van der Waals surface area contributed by atoms with Crippen molar-refractivity contribution in [1.29, 1.82) is 0 Å². The number of hydrogen-bond acceptors (Lipinski definition) is 8. The van der Waals surface area contributed by atoms with E-state index in [9.17, 15) is 19.0 Å². The number of unbranched alkanes of at least 4 members (excludes halogenated alkanes) is 41. The lowest BCUT2D eigenvalue weighted by molar-refractivity contribution is -0.154. The summed E-state index contributed by atoms with van der Waals surface area (Å²) in [5.41, 5.74) is 5.39. The Kier molecular flexibility index (Phi) is 52.5. The first kappa shape index (κ1) is 66.7. The van der Waals surface area contributed by atoms with Crippen LogP contribution in [-0.2, 0) is 32.7 Å². The number of esters is 1. The van der Waals surface area contributed by atoms with E-state index in [0.717, 1.165) is 38.5 Å². The minimum absolute atomic E-state index is 0.0239. The average molecular weight is 986 g/mol. The molecule has 0 amide bonds. The Morgan fingerprint density at radius 1 is 0.456 bits per heavy atom. The van der Waals surface area contributed by atoms with Crippen LogP contribution in [0.15, 0.2) is 12.2 Å². The molecule has 404 valence electrons. The molecule has 0 aromatic heterocycles. The first-order chi connectivity index (χ1) is 33.2. The minimum atomic E-state index is -4.62. The van der Waals surface area contributed by atoms with Gasteiger partial charge in [-0.15, -0.1) is 0 Å². The van der Waals surface area contributed by atoms with E-state index in [1.807, 2.05) is 0 Å². The molecule has 68 heavy (non-hydrogen) atoms. The second-order valence-corrected chi connectivity index (χ2v) is 21.6. The molecule has 0 aromatic carbocycles. The summed E-state index contributed by atoms with van der Waals surface area (Å²) in [6, 6.07) is -1.47. The summed E-state index contributed by atoms with van der Waals surface area (Å²) in [5.74, 6) is -1.76. The molecule has 0 rings (SSSR count). The van der Waals surface area contributed by atoms with Gasteiger partial charge in [-0.3, -0.25) is 18.6 Å². The predicted molar refractivity (Wildman–Crippen MR) is 286 cm³/mol. The highest BCUT2D eigenvalue weighted by atomic mass is 31.2. The molecule has 0 radical (unpaired) electrons. The molecule has 11 heteroatoms. The molecule has 0 aromatic rings. The third kappa shape index (κ3) is 52.5. The molecule has 0 aliphatic rings. The number of ether oxygens (including phenoxy) is 2. The van der Waals surface area contributed by atoms with Gasteiger partial charge in [0.2, 0.25) is 0 Å². The molecule has 10 nitrogen and oxygen atoms in total. The largest absolute Gasteiger partial charge is 0.480 e. The highest BCUT2D eigenvalue weighted by Crippen LogP contribution is 2.43. The third-order valence-electron chi connectivity index (χ3n) is 13.3. The molecular weight excluding hydrogens is 874 g/mol. The number of carbonyl (C=O) groups is 2. The second kappa shape index (κ2) is 53.5. The first-order valence-corrected chi connectivity index (χ1v) is 30.7. The van der Waals surface area contributed by atoms with Crippen molar-refractivity contribution in [3.8, 4) is 0 Å². The minimum Gasteiger partial charge on any atom is -0.480 e. The zero-order chi connectivity index (χ0) is 49.7. The van der Waals surface area contributed by atoms with Crippen LogP contribution in [0.1, 0.15) is 303 Å². The highest BCUT2D eigenvalue weighted by Gasteiger charge is 2.27. The topological polar surface area (TPSA) is 155 Å². The normalized spacial score (nSPS) is 13.6. The molecule has 3 atom stereocenters. The standard InChI is InChI=1S/C57H112NO9P/c1-3-5-7-9-11-13-15-17-19-21-23-25-27-29-31-33-35-37-39-41-43-45-47-49-56(59)67-54(52-65-68(62,63)66-53-55(58)57(60)61)51-64-50-48-46-44-42-40-38-36-34-32-30-28-26-24-22-20-18-16-14-12-10-8-6-4-2/h21,23,54-55H,3-20,22,24-53,58H2,1-2H3,(H,60,61)(H,62,63)/b23-21-. The van der Waals surface area contributed by atoms with E-state index in [4.69, 9.17) is 29.4 Å². The number of phosphoric acid groups is 1. The summed E-state index contributed by atoms with van der Waals surface area (Å²) in [6.07, 6.45) is 61.4. The van der Waals surface area contributed by atoms with Crippen LogP contribution < -0.4 is 5.73 Å². The van der Waals surface area contributed by atoms with Crippen LogP contribution in [0, 0.1) is 0 Å². The van der Waals surface area contributed by atoms with E-state index < -0.39 is 45.1 Å². The van der Waals surface area contributed by atoms with Crippen molar-refractivity contribution in [2.45, 2.75) is 315 Å². The van der Waals surface area contributed by atoms with Gasteiger partial charge in [-0.05, 0) is 38.5 Å². The van der Waals surface area contributed by atoms with E-state index in [1.165, 1.54) is 244 Å². The van der Waals surface area contributed by atoms with Crippen molar-refractivity contribution in [3.05, 3.63) is 12.2 Å². The van der Waals surface area contributed by atoms with Gasteiger partial charge in [-0.2, -0.15) is 0 Å². The van der Waals surface area contributed by atoms with Gasteiger partial charge < -0.3 is 25.2 Å². The number of aliphatic carboxylic acids is 1. The van der Waals surface area contributed by atoms with Gasteiger partial charge in [-0.1, -0.05) is 270 Å². The van der Waals surface area contributed by atoms with Crippen molar-refractivity contribution in [2.24, 2.45) is 5.73 Å². The van der Waals surface area contributed by atoms with E-state index in [2.05, 4.69) is 26.0 Å².